The van der Waals surface area contributed by atoms with E-state index in [1.807, 2.05) is 6.07 Å². The van der Waals surface area contributed by atoms with Gasteiger partial charge in [-0.05, 0) is 38.5 Å². The Labute approximate surface area is 149 Å². The molecule has 7 heteroatoms. The average molecular weight is 353 g/mol. The van der Waals surface area contributed by atoms with Gasteiger partial charge in [-0.25, -0.2) is 9.78 Å². The number of hydrogen-bond donors (Lipinski definition) is 1. The Bertz CT molecular complexity index is 1060. The first-order chi connectivity index (χ1) is 12.4. The van der Waals surface area contributed by atoms with Crippen LogP contribution in [-0.2, 0) is 11.3 Å². The second kappa shape index (κ2) is 6.95. The normalized spacial score (nSPS) is 10.9. The summed E-state index contributed by atoms with van der Waals surface area (Å²) in [5, 5.41) is 0. The molecule has 0 unspecified atom stereocenters. The number of para-hydroxylation sites is 2. The lowest BCUT2D eigenvalue weighted by Gasteiger charge is -2.08. The number of nitrogens with zero attached hydrogens (tertiary/aromatic N) is 2. The van der Waals surface area contributed by atoms with Crippen molar-refractivity contribution in [2.45, 2.75) is 27.3 Å². The molecular weight excluding hydrogens is 334 g/mol. The first-order valence-electron chi connectivity index (χ1n) is 8.28. The van der Waals surface area contributed by atoms with Crippen molar-refractivity contribution < 1.29 is 14.3 Å². The summed E-state index contributed by atoms with van der Waals surface area (Å²) in [6, 6.07) is 7.12. The number of aryl methyl sites for hydroxylation is 1. The van der Waals surface area contributed by atoms with E-state index in [0.29, 0.717) is 33.5 Å². The minimum atomic E-state index is -0.468. The van der Waals surface area contributed by atoms with Crippen LogP contribution in [0.15, 0.2) is 35.3 Å². The topological polar surface area (TPSA) is 94.0 Å². The molecule has 3 aromatic rings. The van der Waals surface area contributed by atoms with Crippen LogP contribution in [0.25, 0.3) is 11.0 Å². The lowest BCUT2D eigenvalue weighted by atomic mass is 10.1. The molecule has 0 aliphatic carbocycles. The molecule has 0 saturated carbocycles. The van der Waals surface area contributed by atoms with E-state index in [1.54, 1.807) is 39.0 Å². The van der Waals surface area contributed by atoms with Gasteiger partial charge in [0.05, 0.1) is 41.6 Å². The maximum atomic E-state index is 12.8. The van der Waals surface area contributed by atoms with E-state index < -0.39 is 5.97 Å². The monoisotopic (exact) mass is 353 g/mol. The van der Waals surface area contributed by atoms with Crippen LogP contribution < -0.4 is 5.56 Å². The van der Waals surface area contributed by atoms with E-state index in [0.717, 1.165) is 0 Å². The third-order valence-corrected chi connectivity index (χ3v) is 4.25. The van der Waals surface area contributed by atoms with Gasteiger partial charge in [-0.1, -0.05) is 12.1 Å². The number of nitrogens with one attached hydrogen (secondary N) is 1. The van der Waals surface area contributed by atoms with E-state index in [4.69, 9.17) is 4.74 Å². The third kappa shape index (κ3) is 3.03. The molecule has 7 nitrogen and oxygen atoms in total. The van der Waals surface area contributed by atoms with Crippen molar-refractivity contribution in [3.8, 4) is 0 Å². The number of benzene rings is 1. The number of esters is 1. The maximum absolute atomic E-state index is 12.8. The van der Waals surface area contributed by atoms with Crippen LogP contribution >= 0.6 is 0 Å². The van der Waals surface area contributed by atoms with Crippen molar-refractivity contribution in [3.05, 3.63) is 63.3 Å². The van der Waals surface area contributed by atoms with Gasteiger partial charge >= 0.3 is 5.97 Å². The van der Waals surface area contributed by atoms with E-state index in [-0.39, 0.29) is 24.5 Å². The quantitative estimate of drug-likeness (QED) is 0.561. The molecule has 0 amide bonds. The van der Waals surface area contributed by atoms with Crippen LogP contribution in [0, 0.1) is 13.8 Å². The standard InChI is InChI=1S/C19H19N3O4/c1-4-26-19(25)17-11(2)18(21-12(17)3)15(23)10-22-14-8-6-5-7-13(14)20-9-16(22)24/h5-9,21H,4,10H2,1-3H3. The Kier molecular flexibility index (Phi) is 4.71. The first-order valence-corrected chi connectivity index (χ1v) is 8.28. The predicted octanol–water partition coefficient (Wildman–Crippen LogP) is 2.40. The number of ketones is 1. The molecule has 0 fully saturated rings. The third-order valence-electron chi connectivity index (χ3n) is 4.25. The summed E-state index contributed by atoms with van der Waals surface area (Å²) in [5.41, 5.74) is 2.61. The van der Waals surface area contributed by atoms with Crippen LogP contribution in [0.4, 0.5) is 0 Å². The second-order valence-corrected chi connectivity index (χ2v) is 5.94. The van der Waals surface area contributed by atoms with Crippen molar-refractivity contribution in [2.24, 2.45) is 0 Å². The Balaban J connectivity index is 2.00. The van der Waals surface area contributed by atoms with Crippen molar-refractivity contribution in [2.75, 3.05) is 6.61 Å². The number of aromatic amines is 1. The number of carbonyl (C=O) groups is 2. The van der Waals surface area contributed by atoms with Crippen LogP contribution in [0.3, 0.4) is 0 Å². The highest BCUT2D eigenvalue weighted by Crippen LogP contribution is 2.20. The van der Waals surface area contributed by atoms with Gasteiger partial charge in [0.25, 0.3) is 5.56 Å². The number of aromatic nitrogens is 3. The van der Waals surface area contributed by atoms with Crippen molar-refractivity contribution >= 4 is 22.8 Å². The highest BCUT2D eigenvalue weighted by Gasteiger charge is 2.23. The zero-order valence-electron chi connectivity index (χ0n) is 14.8. The molecule has 3 rings (SSSR count). The Morgan fingerprint density at radius 2 is 1.96 bits per heavy atom. The molecule has 134 valence electrons. The number of hydrogen-bond acceptors (Lipinski definition) is 5. The molecule has 2 aromatic heterocycles. The number of rotatable bonds is 5. The first kappa shape index (κ1) is 17.6. The number of ether oxygens (including phenoxy) is 1. The van der Waals surface area contributed by atoms with E-state index in [1.165, 1.54) is 10.8 Å². The van der Waals surface area contributed by atoms with Gasteiger partial charge < -0.3 is 9.72 Å². The molecule has 0 spiro atoms. The van der Waals surface area contributed by atoms with Crippen LogP contribution in [0.5, 0.6) is 0 Å². The minimum Gasteiger partial charge on any atom is -0.462 e. The van der Waals surface area contributed by atoms with Crippen LogP contribution in [-0.4, -0.2) is 32.9 Å². The summed E-state index contributed by atoms with van der Waals surface area (Å²) in [6.07, 6.45) is 1.20. The molecule has 0 atom stereocenters. The van der Waals surface area contributed by atoms with Gasteiger partial charge in [0.2, 0.25) is 0 Å². The largest absolute Gasteiger partial charge is 0.462 e. The molecule has 0 aliphatic rings. The average Bonchev–Trinajstić information content (AvgIpc) is 2.92. The Morgan fingerprint density at radius 1 is 1.23 bits per heavy atom. The van der Waals surface area contributed by atoms with E-state index in [2.05, 4.69) is 9.97 Å². The summed E-state index contributed by atoms with van der Waals surface area (Å²) in [5.74, 6) is -0.760. The summed E-state index contributed by atoms with van der Waals surface area (Å²) in [4.78, 5) is 44.2. The van der Waals surface area contributed by atoms with Crippen molar-refractivity contribution in [3.63, 3.8) is 0 Å². The zero-order chi connectivity index (χ0) is 18.8. The molecule has 0 saturated heterocycles. The highest BCUT2D eigenvalue weighted by molar-refractivity contribution is 6.01. The van der Waals surface area contributed by atoms with E-state index >= 15 is 0 Å². The van der Waals surface area contributed by atoms with E-state index in [9.17, 15) is 14.4 Å². The molecule has 1 N–H and O–H groups in total. The number of Topliss-reactive ketones (excluding diaryl/α,β-unsaturated/α-hetero) is 1. The summed E-state index contributed by atoms with van der Waals surface area (Å²) in [6.45, 7) is 5.23. The lowest BCUT2D eigenvalue weighted by molar-refractivity contribution is 0.0525. The minimum absolute atomic E-state index is 0.148. The van der Waals surface area contributed by atoms with Gasteiger partial charge in [-0.2, -0.15) is 0 Å². The molecule has 0 bridgehead atoms. The van der Waals surface area contributed by atoms with Crippen LogP contribution in [0.2, 0.25) is 0 Å². The van der Waals surface area contributed by atoms with Gasteiger partial charge in [0.15, 0.2) is 5.78 Å². The molecule has 0 radical (unpaired) electrons. The summed E-state index contributed by atoms with van der Waals surface area (Å²) >= 11 is 0. The fraction of sp³-hybridized carbons (Fsp3) is 0.263. The second-order valence-electron chi connectivity index (χ2n) is 5.94. The maximum Gasteiger partial charge on any atom is 0.340 e. The zero-order valence-corrected chi connectivity index (χ0v) is 14.8. The summed E-state index contributed by atoms with van der Waals surface area (Å²) < 4.78 is 6.42. The molecular formula is C19H19N3O4. The van der Waals surface area contributed by atoms with Gasteiger partial charge in [0.1, 0.15) is 0 Å². The number of H-pyrrole nitrogens is 1. The highest BCUT2D eigenvalue weighted by atomic mass is 16.5. The number of fused-ring (bicyclic) bond motifs is 1. The summed E-state index contributed by atoms with van der Waals surface area (Å²) in [7, 11) is 0. The Hall–Kier alpha value is -3.22. The van der Waals surface area contributed by atoms with Gasteiger partial charge in [0, 0.05) is 5.69 Å². The molecule has 0 aliphatic heterocycles. The smallest absolute Gasteiger partial charge is 0.340 e. The SMILES string of the molecule is CCOC(=O)c1c(C)[nH]c(C(=O)Cn2c(=O)cnc3ccccc32)c1C. The van der Waals surface area contributed by atoms with Gasteiger partial charge in [-0.3, -0.25) is 14.2 Å². The van der Waals surface area contributed by atoms with Gasteiger partial charge in [-0.15, -0.1) is 0 Å². The lowest BCUT2D eigenvalue weighted by Crippen LogP contribution is -2.25. The molecule has 26 heavy (non-hydrogen) atoms. The fourth-order valence-electron chi connectivity index (χ4n) is 3.04. The molecule has 1 aromatic carbocycles. The number of carbonyl (C=O) groups excluding carboxylic acids is 2. The fourth-order valence-corrected chi connectivity index (χ4v) is 3.04. The molecule has 2 heterocycles. The predicted molar refractivity (Wildman–Crippen MR) is 96.6 cm³/mol. The Morgan fingerprint density at radius 3 is 2.69 bits per heavy atom. The van der Waals surface area contributed by atoms with Crippen molar-refractivity contribution in [1.29, 1.82) is 0 Å². The van der Waals surface area contributed by atoms with Crippen molar-refractivity contribution in [1.82, 2.24) is 14.5 Å². The van der Waals surface area contributed by atoms with Crippen LogP contribution in [0.1, 0.15) is 39.0 Å².